The molecule has 0 aliphatic carbocycles. The SMILES string of the molecule is CCOC(=O)c1cnc2cc(OC)c(N3CCN(C(C)C)CC3)cc2c1Nc1ccc(F)cc1F. The van der Waals surface area contributed by atoms with E-state index in [0.717, 1.165) is 44.0 Å². The van der Waals surface area contributed by atoms with Crippen LogP contribution >= 0.6 is 0 Å². The van der Waals surface area contributed by atoms with Crippen LogP contribution in [0.5, 0.6) is 5.75 Å². The minimum Gasteiger partial charge on any atom is -0.495 e. The van der Waals surface area contributed by atoms with Crippen molar-refractivity contribution in [1.82, 2.24) is 9.88 Å². The largest absolute Gasteiger partial charge is 0.495 e. The van der Waals surface area contributed by atoms with Gasteiger partial charge in [-0.15, -0.1) is 0 Å². The molecule has 35 heavy (non-hydrogen) atoms. The van der Waals surface area contributed by atoms with Gasteiger partial charge in [-0.1, -0.05) is 0 Å². The normalized spacial score (nSPS) is 14.4. The number of nitrogens with one attached hydrogen (secondary N) is 1. The summed E-state index contributed by atoms with van der Waals surface area (Å²) in [7, 11) is 1.61. The lowest BCUT2D eigenvalue weighted by atomic mass is 10.1. The number of pyridine rings is 1. The Morgan fingerprint density at radius 2 is 1.89 bits per heavy atom. The second-order valence-corrected chi connectivity index (χ2v) is 8.67. The molecule has 186 valence electrons. The lowest BCUT2D eigenvalue weighted by Gasteiger charge is -2.38. The van der Waals surface area contributed by atoms with Crippen LogP contribution in [0.2, 0.25) is 0 Å². The summed E-state index contributed by atoms with van der Waals surface area (Å²) in [6.45, 7) is 9.68. The summed E-state index contributed by atoms with van der Waals surface area (Å²) < 4.78 is 38.9. The maximum absolute atomic E-state index is 14.5. The summed E-state index contributed by atoms with van der Waals surface area (Å²) in [5.74, 6) is -1.39. The Balaban J connectivity index is 1.84. The first kappa shape index (κ1) is 24.7. The number of carbonyl (C=O) groups is 1. The number of anilines is 3. The van der Waals surface area contributed by atoms with E-state index < -0.39 is 17.6 Å². The van der Waals surface area contributed by atoms with E-state index in [4.69, 9.17) is 9.47 Å². The molecular formula is C26H30F2N4O3. The third-order valence-electron chi connectivity index (χ3n) is 6.24. The first-order chi connectivity index (χ1) is 16.8. The predicted molar refractivity (Wildman–Crippen MR) is 133 cm³/mol. The molecule has 4 rings (SSSR count). The lowest BCUT2D eigenvalue weighted by molar-refractivity contribution is 0.0527. The summed E-state index contributed by atoms with van der Waals surface area (Å²) in [4.78, 5) is 21.8. The van der Waals surface area contributed by atoms with E-state index >= 15 is 0 Å². The Kier molecular flexibility index (Phi) is 7.35. The van der Waals surface area contributed by atoms with Crippen molar-refractivity contribution >= 4 is 33.9 Å². The summed E-state index contributed by atoms with van der Waals surface area (Å²) in [5.41, 5.74) is 1.94. The smallest absolute Gasteiger partial charge is 0.341 e. The second kappa shape index (κ2) is 10.4. The third kappa shape index (κ3) is 5.14. The molecule has 0 bridgehead atoms. The van der Waals surface area contributed by atoms with Crippen LogP contribution in [0.4, 0.5) is 25.8 Å². The molecule has 1 N–H and O–H groups in total. The minimum absolute atomic E-state index is 0.0346. The molecule has 7 nitrogen and oxygen atoms in total. The summed E-state index contributed by atoms with van der Waals surface area (Å²) >= 11 is 0. The molecule has 1 fully saturated rings. The Morgan fingerprint density at radius 3 is 2.51 bits per heavy atom. The number of benzene rings is 2. The van der Waals surface area contributed by atoms with Crippen LogP contribution in [0.1, 0.15) is 31.1 Å². The number of piperazine rings is 1. The number of methoxy groups -OCH3 is 1. The first-order valence-corrected chi connectivity index (χ1v) is 11.7. The number of aromatic nitrogens is 1. The van der Waals surface area contributed by atoms with Gasteiger partial charge in [0.2, 0.25) is 0 Å². The van der Waals surface area contributed by atoms with Crippen molar-refractivity contribution in [3.05, 3.63) is 53.7 Å². The molecule has 3 aromatic rings. The van der Waals surface area contributed by atoms with Crippen LogP contribution in [-0.4, -0.2) is 61.8 Å². The van der Waals surface area contributed by atoms with E-state index in [1.165, 1.54) is 12.3 Å². The van der Waals surface area contributed by atoms with Crippen molar-refractivity contribution in [1.29, 1.82) is 0 Å². The summed E-state index contributed by atoms with van der Waals surface area (Å²) in [6, 6.07) is 7.41. The average molecular weight is 485 g/mol. The summed E-state index contributed by atoms with van der Waals surface area (Å²) in [5, 5.41) is 3.59. The maximum Gasteiger partial charge on any atom is 0.341 e. The number of halogens is 2. The van der Waals surface area contributed by atoms with Crippen molar-refractivity contribution in [3.63, 3.8) is 0 Å². The Labute approximate surface area is 203 Å². The zero-order chi connectivity index (χ0) is 25.1. The Hall–Kier alpha value is -3.46. The highest BCUT2D eigenvalue weighted by molar-refractivity contribution is 6.07. The number of rotatable bonds is 7. The van der Waals surface area contributed by atoms with Crippen molar-refractivity contribution in [2.45, 2.75) is 26.8 Å². The molecule has 2 aromatic carbocycles. The summed E-state index contributed by atoms with van der Waals surface area (Å²) in [6.07, 6.45) is 1.39. The van der Waals surface area contributed by atoms with Gasteiger partial charge in [-0.25, -0.2) is 13.6 Å². The van der Waals surface area contributed by atoms with Crippen molar-refractivity contribution in [3.8, 4) is 5.75 Å². The van der Waals surface area contributed by atoms with E-state index in [0.29, 0.717) is 28.4 Å². The minimum atomic E-state index is -0.775. The molecular weight excluding hydrogens is 454 g/mol. The van der Waals surface area contributed by atoms with Crippen LogP contribution < -0.4 is 15.0 Å². The third-order valence-corrected chi connectivity index (χ3v) is 6.24. The fourth-order valence-corrected chi connectivity index (χ4v) is 4.32. The molecule has 0 spiro atoms. The van der Waals surface area contributed by atoms with Gasteiger partial charge in [0.25, 0.3) is 0 Å². The molecule has 0 atom stereocenters. The first-order valence-electron chi connectivity index (χ1n) is 11.7. The van der Waals surface area contributed by atoms with Gasteiger partial charge in [0.1, 0.15) is 22.9 Å². The van der Waals surface area contributed by atoms with Gasteiger partial charge in [-0.2, -0.15) is 0 Å². The van der Waals surface area contributed by atoms with Crippen LogP contribution in [0, 0.1) is 11.6 Å². The van der Waals surface area contributed by atoms with Crippen molar-refractivity contribution in [2.75, 3.05) is 50.1 Å². The molecule has 0 unspecified atom stereocenters. The second-order valence-electron chi connectivity index (χ2n) is 8.67. The number of ether oxygens (including phenoxy) is 2. The fraction of sp³-hybridized carbons (Fsp3) is 0.385. The number of fused-ring (bicyclic) bond motifs is 1. The number of hydrogen-bond acceptors (Lipinski definition) is 7. The van der Waals surface area contributed by atoms with E-state index in [2.05, 4.69) is 33.9 Å². The quantitative estimate of drug-likeness (QED) is 0.475. The number of nitrogens with zero attached hydrogens (tertiary/aromatic N) is 3. The van der Waals surface area contributed by atoms with Crippen LogP contribution in [0.15, 0.2) is 36.5 Å². The highest BCUT2D eigenvalue weighted by Crippen LogP contribution is 2.38. The van der Waals surface area contributed by atoms with Crippen LogP contribution in [0.3, 0.4) is 0 Å². The molecule has 1 aromatic heterocycles. The van der Waals surface area contributed by atoms with Gasteiger partial charge >= 0.3 is 5.97 Å². The highest BCUT2D eigenvalue weighted by Gasteiger charge is 2.24. The van der Waals surface area contributed by atoms with Crippen molar-refractivity contribution in [2.24, 2.45) is 0 Å². The number of carbonyl (C=O) groups excluding carboxylic acids is 1. The standard InChI is InChI=1S/C26H30F2N4O3/c1-5-35-26(33)19-15-29-22-14-24(34-4)23(32-10-8-31(9-11-32)16(2)3)13-18(22)25(19)30-21-7-6-17(27)12-20(21)28/h6-7,12-16H,5,8-11H2,1-4H3,(H,29,30). The van der Waals surface area contributed by atoms with Gasteiger partial charge in [0.15, 0.2) is 0 Å². The fourth-order valence-electron chi connectivity index (χ4n) is 4.32. The van der Waals surface area contributed by atoms with Gasteiger partial charge in [0.05, 0.1) is 36.3 Å². The molecule has 1 saturated heterocycles. The molecule has 1 aliphatic rings. The van der Waals surface area contributed by atoms with E-state index in [1.54, 1.807) is 20.1 Å². The van der Waals surface area contributed by atoms with Crippen LogP contribution in [0.25, 0.3) is 10.9 Å². The molecule has 0 saturated carbocycles. The topological polar surface area (TPSA) is 66.9 Å². The van der Waals surface area contributed by atoms with Gasteiger partial charge < -0.3 is 19.7 Å². The lowest BCUT2D eigenvalue weighted by Crippen LogP contribution is -2.49. The molecule has 2 heterocycles. The predicted octanol–water partition coefficient (Wildman–Crippen LogP) is 4.97. The molecule has 0 radical (unpaired) electrons. The van der Waals surface area contributed by atoms with Crippen molar-refractivity contribution < 1.29 is 23.0 Å². The van der Waals surface area contributed by atoms with E-state index in [-0.39, 0.29) is 17.9 Å². The average Bonchev–Trinajstić information content (AvgIpc) is 2.85. The zero-order valence-electron chi connectivity index (χ0n) is 20.4. The Bertz CT molecular complexity index is 1230. The van der Waals surface area contributed by atoms with E-state index in [1.807, 2.05) is 6.07 Å². The zero-order valence-corrected chi connectivity index (χ0v) is 20.4. The molecule has 9 heteroatoms. The van der Waals surface area contributed by atoms with Gasteiger partial charge in [-0.3, -0.25) is 9.88 Å². The maximum atomic E-state index is 14.5. The van der Waals surface area contributed by atoms with Crippen LogP contribution in [-0.2, 0) is 4.74 Å². The van der Waals surface area contributed by atoms with Gasteiger partial charge in [-0.05, 0) is 39.0 Å². The number of esters is 1. The highest BCUT2D eigenvalue weighted by atomic mass is 19.1. The monoisotopic (exact) mass is 484 g/mol. The van der Waals surface area contributed by atoms with E-state index in [9.17, 15) is 13.6 Å². The Morgan fingerprint density at radius 1 is 1.14 bits per heavy atom. The molecule has 1 aliphatic heterocycles. The molecule has 0 amide bonds. The van der Waals surface area contributed by atoms with Gasteiger partial charge in [0, 0.05) is 55.9 Å². The number of hydrogen-bond donors (Lipinski definition) is 1.